The normalized spacial score (nSPS) is 12.4. The van der Waals surface area contributed by atoms with Crippen LogP contribution in [-0.2, 0) is 6.42 Å². The number of likely N-dealkylation sites (N-methyl/N-ethyl adjacent to an activating group) is 1. The Kier molecular flexibility index (Phi) is 5.85. The van der Waals surface area contributed by atoms with Crippen LogP contribution in [0.3, 0.4) is 0 Å². The van der Waals surface area contributed by atoms with Crippen LogP contribution in [-0.4, -0.2) is 11.5 Å². The molecule has 20 heavy (non-hydrogen) atoms. The summed E-state index contributed by atoms with van der Waals surface area (Å²) in [5.41, 5.74) is 2.07. The topological polar surface area (TPSA) is 24.9 Å². The van der Waals surface area contributed by atoms with Gasteiger partial charge in [-0.05, 0) is 52.7 Å². The first-order valence-electron chi connectivity index (χ1n) is 6.38. The van der Waals surface area contributed by atoms with Crippen LogP contribution in [0.1, 0.15) is 24.1 Å². The molecule has 2 aromatic rings. The van der Waals surface area contributed by atoms with Crippen molar-refractivity contribution < 1.29 is 0 Å². The highest BCUT2D eigenvalue weighted by Crippen LogP contribution is 2.32. The number of aromatic nitrogens is 1. The molecule has 0 spiro atoms. The maximum absolute atomic E-state index is 6.31. The molecule has 1 heterocycles. The van der Waals surface area contributed by atoms with Gasteiger partial charge in [0.15, 0.2) is 0 Å². The van der Waals surface area contributed by atoms with E-state index in [1.54, 1.807) is 6.20 Å². The Balaban J connectivity index is 2.32. The van der Waals surface area contributed by atoms with Crippen molar-refractivity contribution in [3.63, 3.8) is 0 Å². The van der Waals surface area contributed by atoms with Gasteiger partial charge in [-0.25, -0.2) is 0 Å². The van der Waals surface area contributed by atoms with E-state index < -0.39 is 0 Å². The molecule has 1 unspecified atom stereocenters. The SMILES string of the molecule is CCNC(Cc1cncc(Br)c1)c1c(Cl)cccc1Cl. The van der Waals surface area contributed by atoms with Gasteiger partial charge in [-0.3, -0.25) is 4.98 Å². The lowest BCUT2D eigenvalue weighted by molar-refractivity contribution is 0.549. The zero-order chi connectivity index (χ0) is 14.5. The fourth-order valence-corrected chi connectivity index (χ4v) is 3.24. The molecular weight excluding hydrogens is 359 g/mol. The molecule has 0 radical (unpaired) electrons. The number of hydrogen-bond donors (Lipinski definition) is 1. The second-order valence-corrected chi connectivity index (χ2v) is 6.19. The molecule has 0 amide bonds. The van der Waals surface area contributed by atoms with Crippen molar-refractivity contribution in [2.75, 3.05) is 6.54 Å². The lowest BCUT2D eigenvalue weighted by atomic mass is 9.99. The Hall–Kier alpha value is -0.610. The highest BCUT2D eigenvalue weighted by molar-refractivity contribution is 9.10. The Labute approximate surface area is 137 Å². The van der Waals surface area contributed by atoms with Gasteiger partial charge >= 0.3 is 0 Å². The average Bonchev–Trinajstić information content (AvgIpc) is 2.38. The van der Waals surface area contributed by atoms with E-state index in [9.17, 15) is 0 Å². The molecule has 0 aliphatic carbocycles. The molecule has 2 rings (SSSR count). The molecule has 1 atom stereocenters. The maximum Gasteiger partial charge on any atom is 0.0468 e. The molecule has 0 fully saturated rings. The van der Waals surface area contributed by atoms with Gasteiger partial charge in [0.25, 0.3) is 0 Å². The maximum atomic E-state index is 6.31. The quantitative estimate of drug-likeness (QED) is 0.793. The molecule has 1 N–H and O–H groups in total. The fraction of sp³-hybridized carbons (Fsp3) is 0.267. The summed E-state index contributed by atoms with van der Waals surface area (Å²) in [6.45, 7) is 2.91. The number of pyridine rings is 1. The minimum atomic E-state index is 0.0669. The van der Waals surface area contributed by atoms with Crippen LogP contribution in [0, 0.1) is 0 Å². The molecule has 2 nitrogen and oxygen atoms in total. The highest BCUT2D eigenvalue weighted by Gasteiger charge is 2.18. The second-order valence-electron chi connectivity index (χ2n) is 4.46. The van der Waals surface area contributed by atoms with Gasteiger partial charge in [-0.1, -0.05) is 36.2 Å². The number of halogens is 3. The van der Waals surface area contributed by atoms with Crippen molar-refractivity contribution in [3.8, 4) is 0 Å². The number of hydrogen-bond acceptors (Lipinski definition) is 2. The van der Waals surface area contributed by atoms with Crippen molar-refractivity contribution in [3.05, 3.63) is 62.3 Å². The predicted octanol–water partition coefficient (Wildman–Crippen LogP) is 5.04. The minimum absolute atomic E-state index is 0.0669. The van der Waals surface area contributed by atoms with Crippen LogP contribution in [0.5, 0.6) is 0 Å². The highest BCUT2D eigenvalue weighted by atomic mass is 79.9. The Morgan fingerprint density at radius 1 is 1.25 bits per heavy atom. The lowest BCUT2D eigenvalue weighted by Gasteiger charge is -2.21. The Bertz CT molecular complexity index is 570. The zero-order valence-corrected chi connectivity index (χ0v) is 14.1. The third-order valence-electron chi connectivity index (χ3n) is 3.00. The molecule has 0 saturated heterocycles. The summed E-state index contributed by atoms with van der Waals surface area (Å²) >= 11 is 16.1. The molecule has 0 aliphatic heterocycles. The van der Waals surface area contributed by atoms with Gasteiger partial charge in [0, 0.05) is 38.5 Å². The first-order chi connectivity index (χ1) is 9.61. The summed E-state index contributed by atoms with van der Waals surface area (Å²) < 4.78 is 0.968. The van der Waals surface area contributed by atoms with E-state index in [1.807, 2.05) is 24.4 Å². The van der Waals surface area contributed by atoms with E-state index in [0.717, 1.165) is 28.6 Å². The summed E-state index contributed by atoms with van der Waals surface area (Å²) in [5.74, 6) is 0. The molecule has 0 bridgehead atoms. The van der Waals surface area contributed by atoms with E-state index >= 15 is 0 Å². The molecule has 1 aromatic carbocycles. The minimum Gasteiger partial charge on any atom is -0.310 e. The predicted molar refractivity (Wildman–Crippen MR) is 88.5 cm³/mol. The molecule has 5 heteroatoms. The molecule has 0 aliphatic rings. The van der Waals surface area contributed by atoms with Crippen LogP contribution < -0.4 is 5.32 Å². The van der Waals surface area contributed by atoms with Crippen LogP contribution in [0.4, 0.5) is 0 Å². The molecule has 1 aromatic heterocycles. The number of rotatable bonds is 5. The van der Waals surface area contributed by atoms with Crippen LogP contribution >= 0.6 is 39.1 Å². The van der Waals surface area contributed by atoms with Crippen molar-refractivity contribution in [2.45, 2.75) is 19.4 Å². The van der Waals surface area contributed by atoms with Crippen molar-refractivity contribution in [1.82, 2.24) is 10.3 Å². The van der Waals surface area contributed by atoms with E-state index in [1.165, 1.54) is 0 Å². The number of benzene rings is 1. The van der Waals surface area contributed by atoms with Gasteiger partial charge in [0.2, 0.25) is 0 Å². The largest absolute Gasteiger partial charge is 0.310 e. The second kappa shape index (κ2) is 7.41. The van der Waals surface area contributed by atoms with E-state index in [-0.39, 0.29) is 6.04 Å². The van der Waals surface area contributed by atoms with Crippen molar-refractivity contribution >= 4 is 39.1 Å². The van der Waals surface area contributed by atoms with Crippen molar-refractivity contribution in [2.24, 2.45) is 0 Å². The van der Waals surface area contributed by atoms with Gasteiger partial charge < -0.3 is 5.32 Å². The lowest BCUT2D eigenvalue weighted by Crippen LogP contribution is -2.23. The molecule has 106 valence electrons. The first kappa shape index (κ1) is 15.8. The van der Waals surface area contributed by atoms with Crippen LogP contribution in [0.15, 0.2) is 41.1 Å². The average molecular weight is 374 g/mol. The standard InChI is InChI=1S/C15H15BrCl2N2/c1-2-20-14(7-10-6-11(16)9-19-8-10)15-12(17)4-3-5-13(15)18/h3-6,8-9,14,20H,2,7H2,1H3. The summed E-state index contributed by atoms with van der Waals surface area (Å²) in [6.07, 6.45) is 4.41. The fourth-order valence-electron chi connectivity index (χ4n) is 2.17. The van der Waals surface area contributed by atoms with Crippen LogP contribution in [0.2, 0.25) is 10.0 Å². The van der Waals surface area contributed by atoms with Crippen molar-refractivity contribution in [1.29, 1.82) is 0 Å². The van der Waals surface area contributed by atoms with Crippen LogP contribution in [0.25, 0.3) is 0 Å². The number of nitrogens with one attached hydrogen (secondary N) is 1. The van der Waals surface area contributed by atoms with Gasteiger partial charge in [0.1, 0.15) is 0 Å². The molecular formula is C15H15BrCl2N2. The van der Waals surface area contributed by atoms with Gasteiger partial charge in [-0.15, -0.1) is 0 Å². The summed E-state index contributed by atoms with van der Waals surface area (Å²) in [6, 6.07) is 7.72. The summed E-state index contributed by atoms with van der Waals surface area (Å²) in [4.78, 5) is 4.20. The third kappa shape index (κ3) is 3.95. The third-order valence-corrected chi connectivity index (χ3v) is 4.09. The summed E-state index contributed by atoms with van der Waals surface area (Å²) in [5, 5.41) is 4.81. The monoisotopic (exact) mass is 372 g/mol. The van der Waals surface area contributed by atoms with E-state index in [0.29, 0.717) is 10.0 Å². The number of nitrogens with zero attached hydrogens (tertiary/aromatic N) is 1. The smallest absolute Gasteiger partial charge is 0.0468 e. The zero-order valence-electron chi connectivity index (χ0n) is 11.0. The Morgan fingerprint density at radius 3 is 2.55 bits per heavy atom. The van der Waals surface area contributed by atoms with Gasteiger partial charge in [0.05, 0.1) is 0 Å². The summed E-state index contributed by atoms with van der Waals surface area (Å²) in [7, 11) is 0. The Morgan fingerprint density at radius 2 is 1.95 bits per heavy atom. The molecule has 0 saturated carbocycles. The van der Waals surface area contributed by atoms with E-state index in [2.05, 4.69) is 39.2 Å². The van der Waals surface area contributed by atoms with Gasteiger partial charge in [-0.2, -0.15) is 0 Å². The van der Waals surface area contributed by atoms with E-state index in [4.69, 9.17) is 23.2 Å². The first-order valence-corrected chi connectivity index (χ1v) is 7.93.